The number of carbonyl (C=O) groups excluding carboxylic acids is 1. The molecule has 7 heteroatoms. The zero-order valence-electron chi connectivity index (χ0n) is 11.1. The lowest BCUT2D eigenvalue weighted by atomic mass is 10.2. The smallest absolute Gasteiger partial charge is 0.232 e. The van der Waals surface area contributed by atoms with Crippen LogP contribution in [0.1, 0.15) is 5.56 Å². The summed E-state index contributed by atoms with van der Waals surface area (Å²) in [5.41, 5.74) is 2.00. The SMILES string of the molecule is Cc1ccccc1-n1nnnc1SCC(=O)N(C)C. The monoisotopic (exact) mass is 277 g/mol. The number of aryl methyl sites for hydroxylation is 1. The van der Waals surface area contributed by atoms with E-state index in [9.17, 15) is 4.79 Å². The second-order valence-electron chi connectivity index (χ2n) is 4.24. The molecule has 1 heterocycles. The summed E-state index contributed by atoms with van der Waals surface area (Å²) < 4.78 is 1.66. The maximum atomic E-state index is 11.6. The van der Waals surface area contributed by atoms with Crippen molar-refractivity contribution < 1.29 is 4.79 Å². The van der Waals surface area contributed by atoms with E-state index in [-0.39, 0.29) is 5.91 Å². The lowest BCUT2D eigenvalue weighted by molar-refractivity contribution is -0.125. The van der Waals surface area contributed by atoms with Crippen molar-refractivity contribution in [2.24, 2.45) is 0 Å². The van der Waals surface area contributed by atoms with Crippen LogP contribution in [-0.4, -0.2) is 50.9 Å². The molecule has 0 bridgehead atoms. The van der Waals surface area contributed by atoms with Gasteiger partial charge in [0.15, 0.2) is 0 Å². The van der Waals surface area contributed by atoms with Gasteiger partial charge in [0, 0.05) is 14.1 Å². The molecule has 0 atom stereocenters. The third-order valence-corrected chi connectivity index (χ3v) is 3.51. The number of nitrogens with zero attached hydrogens (tertiary/aromatic N) is 5. The minimum absolute atomic E-state index is 0.0318. The minimum Gasteiger partial charge on any atom is -0.348 e. The number of carbonyl (C=O) groups is 1. The molecular formula is C12H15N5OS. The molecule has 0 aliphatic carbocycles. The Kier molecular flexibility index (Phi) is 4.16. The van der Waals surface area contributed by atoms with Crippen LogP contribution in [-0.2, 0) is 4.79 Å². The molecule has 6 nitrogen and oxygen atoms in total. The molecule has 0 fully saturated rings. The normalized spacial score (nSPS) is 10.5. The van der Waals surface area contributed by atoms with E-state index in [2.05, 4.69) is 15.5 Å². The number of thioether (sulfide) groups is 1. The summed E-state index contributed by atoms with van der Waals surface area (Å²) in [5.74, 6) is 0.350. The van der Waals surface area contributed by atoms with Gasteiger partial charge in [0.05, 0.1) is 11.4 Å². The van der Waals surface area contributed by atoms with Crippen molar-refractivity contribution in [1.29, 1.82) is 0 Å². The van der Waals surface area contributed by atoms with Gasteiger partial charge in [-0.05, 0) is 29.0 Å². The molecule has 0 unspecified atom stereocenters. The first-order valence-electron chi connectivity index (χ1n) is 5.77. The predicted octanol–water partition coefficient (Wildman–Crippen LogP) is 1.15. The first-order valence-corrected chi connectivity index (χ1v) is 6.75. The van der Waals surface area contributed by atoms with E-state index in [1.54, 1.807) is 23.7 Å². The van der Waals surface area contributed by atoms with Gasteiger partial charge in [-0.2, -0.15) is 4.68 Å². The summed E-state index contributed by atoms with van der Waals surface area (Å²) in [6.45, 7) is 2.00. The third kappa shape index (κ3) is 3.11. The minimum atomic E-state index is 0.0318. The van der Waals surface area contributed by atoms with Gasteiger partial charge in [0.1, 0.15) is 0 Å². The molecule has 0 aliphatic rings. The summed E-state index contributed by atoms with van der Waals surface area (Å²) in [4.78, 5) is 13.1. The highest BCUT2D eigenvalue weighted by atomic mass is 32.2. The number of amides is 1. The summed E-state index contributed by atoms with van der Waals surface area (Å²) in [5, 5.41) is 12.2. The Bertz CT molecular complexity index is 581. The fraction of sp³-hybridized carbons (Fsp3) is 0.333. The van der Waals surface area contributed by atoms with Crippen LogP contribution in [0.15, 0.2) is 29.4 Å². The van der Waals surface area contributed by atoms with Gasteiger partial charge >= 0.3 is 0 Å². The van der Waals surface area contributed by atoms with Gasteiger partial charge in [-0.1, -0.05) is 30.0 Å². The Morgan fingerprint density at radius 2 is 2.11 bits per heavy atom. The van der Waals surface area contributed by atoms with Crippen LogP contribution >= 0.6 is 11.8 Å². The lowest BCUT2D eigenvalue weighted by Crippen LogP contribution is -2.23. The molecular weight excluding hydrogens is 262 g/mol. The standard InChI is InChI=1S/C12H15N5OS/c1-9-6-4-5-7-10(9)17-12(13-14-15-17)19-8-11(18)16(2)3/h4-7H,8H2,1-3H3. The molecule has 100 valence electrons. The van der Waals surface area contributed by atoms with Crippen LogP contribution in [0, 0.1) is 6.92 Å². The first-order chi connectivity index (χ1) is 9.09. The average Bonchev–Trinajstić information content (AvgIpc) is 2.84. The number of hydrogen-bond acceptors (Lipinski definition) is 5. The average molecular weight is 277 g/mol. The molecule has 0 radical (unpaired) electrons. The number of rotatable bonds is 4. The molecule has 0 aliphatic heterocycles. The fourth-order valence-electron chi connectivity index (χ4n) is 1.48. The molecule has 0 N–H and O–H groups in total. The van der Waals surface area contributed by atoms with Crippen molar-refractivity contribution >= 4 is 17.7 Å². The Labute approximate surface area is 115 Å². The van der Waals surface area contributed by atoms with E-state index >= 15 is 0 Å². The van der Waals surface area contributed by atoms with Gasteiger partial charge in [0.25, 0.3) is 0 Å². The molecule has 2 aromatic rings. The van der Waals surface area contributed by atoms with Crippen molar-refractivity contribution in [1.82, 2.24) is 25.1 Å². The van der Waals surface area contributed by atoms with Gasteiger partial charge in [-0.15, -0.1) is 5.10 Å². The van der Waals surface area contributed by atoms with Crippen molar-refractivity contribution in [3.05, 3.63) is 29.8 Å². The largest absolute Gasteiger partial charge is 0.348 e. The number of benzene rings is 1. The van der Waals surface area contributed by atoms with E-state index in [0.29, 0.717) is 10.9 Å². The maximum absolute atomic E-state index is 11.6. The Hall–Kier alpha value is -1.89. The summed E-state index contributed by atoms with van der Waals surface area (Å²) in [7, 11) is 3.46. The van der Waals surface area contributed by atoms with Crippen LogP contribution in [0.25, 0.3) is 5.69 Å². The zero-order valence-corrected chi connectivity index (χ0v) is 11.9. The topological polar surface area (TPSA) is 63.9 Å². The molecule has 0 saturated heterocycles. The Balaban J connectivity index is 2.19. The highest BCUT2D eigenvalue weighted by molar-refractivity contribution is 7.99. The molecule has 1 amide bonds. The third-order valence-electron chi connectivity index (χ3n) is 2.61. The second-order valence-corrected chi connectivity index (χ2v) is 5.18. The van der Waals surface area contributed by atoms with Gasteiger partial charge in [-0.3, -0.25) is 4.79 Å². The summed E-state index contributed by atoms with van der Waals surface area (Å²) in [6.07, 6.45) is 0. The zero-order chi connectivity index (χ0) is 13.8. The molecule has 0 spiro atoms. The van der Waals surface area contributed by atoms with Crippen molar-refractivity contribution in [3.63, 3.8) is 0 Å². The number of hydrogen-bond donors (Lipinski definition) is 0. The Morgan fingerprint density at radius 1 is 1.37 bits per heavy atom. The van der Waals surface area contributed by atoms with Crippen molar-refractivity contribution in [2.75, 3.05) is 19.8 Å². The summed E-state index contributed by atoms with van der Waals surface area (Å²) in [6, 6.07) is 7.84. The van der Waals surface area contributed by atoms with Crippen LogP contribution < -0.4 is 0 Å². The molecule has 19 heavy (non-hydrogen) atoms. The van der Waals surface area contributed by atoms with E-state index in [4.69, 9.17) is 0 Å². The predicted molar refractivity (Wildman–Crippen MR) is 73.3 cm³/mol. The van der Waals surface area contributed by atoms with Gasteiger partial charge < -0.3 is 4.90 Å². The van der Waals surface area contributed by atoms with Crippen molar-refractivity contribution in [2.45, 2.75) is 12.1 Å². The highest BCUT2D eigenvalue weighted by Gasteiger charge is 2.13. The van der Waals surface area contributed by atoms with E-state index < -0.39 is 0 Å². The van der Waals surface area contributed by atoms with Crippen LogP contribution in [0.5, 0.6) is 0 Å². The molecule has 1 aromatic heterocycles. The lowest BCUT2D eigenvalue weighted by Gasteiger charge is -2.10. The van der Waals surface area contributed by atoms with Crippen LogP contribution in [0.4, 0.5) is 0 Å². The van der Waals surface area contributed by atoms with E-state index in [1.807, 2.05) is 31.2 Å². The number of para-hydroxylation sites is 1. The second kappa shape index (κ2) is 5.83. The van der Waals surface area contributed by atoms with Gasteiger partial charge in [0.2, 0.25) is 11.1 Å². The van der Waals surface area contributed by atoms with Crippen LogP contribution in [0.2, 0.25) is 0 Å². The number of tetrazole rings is 1. The quantitative estimate of drug-likeness (QED) is 0.784. The molecule has 2 rings (SSSR count). The van der Waals surface area contributed by atoms with Gasteiger partial charge in [-0.25, -0.2) is 0 Å². The highest BCUT2D eigenvalue weighted by Crippen LogP contribution is 2.20. The molecule has 1 aromatic carbocycles. The Morgan fingerprint density at radius 3 is 2.79 bits per heavy atom. The molecule has 0 saturated carbocycles. The summed E-state index contributed by atoms with van der Waals surface area (Å²) >= 11 is 1.33. The first kappa shape index (κ1) is 13.5. The van der Waals surface area contributed by atoms with E-state index in [0.717, 1.165) is 11.3 Å². The van der Waals surface area contributed by atoms with E-state index in [1.165, 1.54) is 11.8 Å². The van der Waals surface area contributed by atoms with Crippen LogP contribution in [0.3, 0.4) is 0 Å². The maximum Gasteiger partial charge on any atom is 0.232 e. The fourth-order valence-corrected chi connectivity index (χ4v) is 2.34. The van der Waals surface area contributed by atoms with Crippen molar-refractivity contribution in [3.8, 4) is 5.69 Å². The number of aromatic nitrogens is 4.